The van der Waals surface area contributed by atoms with E-state index in [0.717, 1.165) is 5.69 Å². The van der Waals surface area contributed by atoms with Crippen LogP contribution in [0.4, 0.5) is 0 Å². The van der Waals surface area contributed by atoms with Gasteiger partial charge in [0.15, 0.2) is 0 Å². The van der Waals surface area contributed by atoms with Crippen LogP contribution in [0.25, 0.3) is 97.4 Å². The van der Waals surface area contributed by atoms with E-state index >= 15 is 0 Å². The van der Waals surface area contributed by atoms with Gasteiger partial charge in [-0.1, -0.05) is 140 Å². The average molecular weight is 667 g/mol. The van der Waals surface area contributed by atoms with E-state index in [1.807, 2.05) is 11.3 Å². The first-order valence-corrected chi connectivity index (χ1v) is 18.3. The molecule has 11 aromatic rings. The zero-order valence-corrected chi connectivity index (χ0v) is 28.4. The summed E-state index contributed by atoms with van der Waals surface area (Å²) < 4.78 is 7.64. The molecule has 2 nitrogen and oxygen atoms in total. The Morgan fingerprint density at radius 3 is 1.65 bits per heavy atom. The van der Waals surface area contributed by atoms with E-state index in [4.69, 9.17) is 0 Å². The third-order valence-corrected chi connectivity index (χ3v) is 11.7. The summed E-state index contributed by atoms with van der Waals surface area (Å²) in [5, 5.41) is 7.77. The maximum absolute atomic E-state index is 2.50. The molecule has 0 fully saturated rings. The molecule has 0 saturated heterocycles. The van der Waals surface area contributed by atoms with Crippen LogP contribution in [-0.4, -0.2) is 9.13 Å². The highest BCUT2D eigenvalue weighted by Gasteiger charge is 2.23. The van der Waals surface area contributed by atoms with Gasteiger partial charge in [-0.15, -0.1) is 11.3 Å². The number of hydrogen-bond donors (Lipinski definition) is 0. The van der Waals surface area contributed by atoms with E-state index in [1.54, 1.807) is 0 Å². The SMILES string of the molecule is c1ccc(-c2cccc(-c3ccccc3-n3c4ccccc4c4c5c(ccc43)sc3ccccc35)c2-n2c3ccccc3c3ccccc32)cc1. The molecule has 8 aromatic carbocycles. The molecule has 0 amide bonds. The summed E-state index contributed by atoms with van der Waals surface area (Å²) in [6.07, 6.45) is 0. The van der Waals surface area contributed by atoms with Gasteiger partial charge in [-0.2, -0.15) is 0 Å². The summed E-state index contributed by atoms with van der Waals surface area (Å²) in [5.74, 6) is 0. The summed E-state index contributed by atoms with van der Waals surface area (Å²) in [4.78, 5) is 0. The maximum Gasteiger partial charge on any atom is 0.0619 e. The molecule has 0 radical (unpaired) electrons. The molecule has 3 heterocycles. The van der Waals surface area contributed by atoms with Crippen LogP contribution in [0.3, 0.4) is 0 Å². The Morgan fingerprint density at radius 2 is 0.882 bits per heavy atom. The van der Waals surface area contributed by atoms with Crippen LogP contribution in [-0.2, 0) is 0 Å². The molecular formula is C48H30N2S. The molecule has 11 rings (SSSR count). The largest absolute Gasteiger partial charge is 0.309 e. The molecular weight excluding hydrogens is 637 g/mol. The molecule has 0 aliphatic rings. The average Bonchev–Trinajstić information content (AvgIpc) is 3.85. The van der Waals surface area contributed by atoms with Gasteiger partial charge in [0.25, 0.3) is 0 Å². The molecule has 0 bridgehead atoms. The highest BCUT2D eigenvalue weighted by molar-refractivity contribution is 7.26. The number of benzene rings is 8. The molecule has 0 atom stereocenters. The first-order valence-electron chi connectivity index (χ1n) is 17.5. The summed E-state index contributed by atoms with van der Waals surface area (Å²) in [5.41, 5.74) is 11.9. The normalized spacial score (nSPS) is 11.9. The van der Waals surface area contributed by atoms with Crippen molar-refractivity contribution >= 4 is 75.1 Å². The van der Waals surface area contributed by atoms with Crippen LogP contribution < -0.4 is 0 Å². The third kappa shape index (κ3) is 4.10. The standard InChI is InChI=1S/C48H30N2S/c1-2-15-31(16-3-1)32-22-14-23-36(48(32)50-40-25-10-4-17-33(40)34-18-5-11-26-41(34)50)35-19-6-9-24-39(35)49-42-27-12-7-20-37(42)46-43(49)29-30-45-47(46)38-21-8-13-28-44(38)51-45/h1-30H. The highest BCUT2D eigenvalue weighted by atomic mass is 32.1. The quantitative estimate of drug-likeness (QED) is 0.177. The lowest BCUT2D eigenvalue weighted by Gasteiger charge is -2.21. The fraction of sp³-hybridized carbons (Fsp3) is 0. The van der Waals surface area contributed by atoms with Crippen molar-refractivity contribution in [1.82, 2.24) is 9.13 Å². The van der Waals surface area contributed by atoms with Crippen molar-refractivity contribution in [3.63, 3.8) is 0 Å². The van der Waals surface area contributed by atoms with Crippen molar-refractivity contribution in [1.29, 1.82) is 0 Å². The monoisotopic (exact) mass is 666 g/mol. The summed E-state index contributed by atoms with van der Waals surface area (Å²) in [7, 11) is 0. The van der Waals surface area contributed by atoms with Gasteiger partial charge in [0.05, 0.1) is 33.4 Å². The lowest BCUT2D eigenvalue weighted by atomic mass is 9.94. The predicted octanol–water partition coefficient (Wildman–Crippen LogP) is 13.6. The Kier molecular flexibility index (Phi) is 6.16. The Morgan fingerprint density at radius 1 is 0.314 bits per heavy atom. The highest BCUT2D eigenvalue weighted by Crippen LogP contribution is 2.46. The van der Waals surface area contributed by atoms with Gasteiger partial charge in [0.1, 0.15) is 0 Å². The van der Waals surface area contributed by atoms with Crippen LogP contribution in [0.1, 0.15) is 0 Å². The minimum atomic E-state index is 1.16. The van der Waals surface area contributed by atoms with Gasteiger partial charge in [-0.3, -0.25) is 0 Å². The van der Waals surface area contributed by atoms with Gasteiger partial charge >= 0.3 is 0 Å². The molecule has 0 saturated carbocycles. The van der Waals surface area contributed by atoms with Crippen molar-refractivity contribution in [2.24, 2.45) is 0 Å². The van der Waals surface area contributed by atoms with Crippen LogP contribution in [0, 0.1) is 0 Å². The first-order chi connectivity index (χ1) is 25.3. The number of para-hydroxylation sites is 5. The fourth-order valence-corrected chi connectivity index (χ4v) is 9.56. The van der Waals surface area contributed by atoms with E-state index < -0.39 is 0 Å². The van der Waals surface area contributed by atoms with Crippen molar-refractivity contribution in [3.05, 3.63) is 182 Å². The molecule has 3 heteroatoms. The van der Waals surface area contributed by atoms with Gasteiger partial charge in [0.2, 0.25) is 0 Å². The second-order valence-corrected chi connectivity index (χ2v) is 14.3. The van der Waals surface area contributed by atoms with E-state index in [2.05, 4.69) is 191 Å². The van der Waals surface area contributed by atoms with Gasteiger partial charge in [0, 0.05) is 58.4 Å². The molecule has 238 valence electrons. The zero-order valence-electron chi connectivity index (χ0n) is 27.6. The van der Waals surface area contributed by atoms with Crippen LogP contribution in [0.2, 0.25) is 0 Å². The van der Waals surface area contributed by atoms with E-state index in [1.165, 1.54) is 91.7 Å². The number of nitrogens with zero attached hydrogens (tertiary/aromatic N) is 2. The van der Waals surface area contributed by atoms with Crippen molar-refractivity contribution in [3.8, 4) is 33.6 Å². The van der Waals surface area contributed by atoms with Gasteiger partial charge in [-0.05, 0) is 48.0 Å². The van der Waals surface area contributed by atoms with Gasteiger partial charge in [-0.25, -0.2) is 0 Å². The molecule has 0 N–H and O–H groups in total. The number of hydrogen-bond acceptors (Lipinski definition) is 1. The summed E-state index contributed by atoms with van der Waals surface area (Å²) in [6.45, 7) is 0. The fourth-order valence-electron chi connectivity index (χ4n) is 8.45. The van der Waals surface area contributed by atoms with E-state index in [-0.39, 0.29) is 0 Å². The smallest absolute Gasteiger partial charge is 0.0619 e. The third-order valence-electron chi connectivity index (χ3n) is 10.5. The molecule has 0 aliphatic carbocycles. The molecule has 0 unspecified atom stereocenters. The van der Waals surface area contributed by atoms with Crippen molar-refractivity contribution in [2.75, 3.05) is 0 Å². The van der Waals surface area contributed by atoms with Crippen molar-refractivity contribution in [2.45, 2.75) is 0 Å². The van der Waals surface area contributed by atoms with Crippen LogP contribution in [0.5, 0.6) is 0 Å². The lowest BCUT2D eigenvalue weighted by molar-refractivity contribution is 1.16. The Balaban J connectivity index is 1.28. The first kappa shape index (κ1) is 28.4. The van der Waals surface area contributed by atoms with Crippen molar-refractivity contribution < 1.29 is 0 Å². The second-order valence-electron chi connectivity index (χ2n) is 13.2. The summed E-state index contributed by atoms with van der Waals surface area (Å²) >= 11 is 1.88. The predicted molar refractivity (Wildman–Crippen MR) is 219 cm³/mol. The maximum atomic E-state index is 2.50. The Labute approximate surface area is 298 Å². The molecule has 0 aliphatic heterocycles. The Hall–Kier alpha value is -6.42. The second kappa shape index (κ2) is 11.0. The minimum absolute atomic E-state index is 1.16. The number of fused-ring (bicyclic) bond motifs is 10. The lowest BCUT2D eigenvalue weighted by Crippen LogP contribution is -2.03. The molecule has 0 spiro atoms. The zero-order chi connectivity index (χ0) is 33.5. The number of rotatable bonds is 4. The van der Waals surface area contributed by atoms with Crippen LogP contribution >= 0.6 is 11.3 Å². The molecule has 51 heavy (non-hydrogen) atoms. The number of thiophene rings is 1. The van der Waals surface area contributed by atoms with E-state index in [9.17, 15) is 0 Å². The van der Waals surface area contributed by atoms with E-state index in [0.29, 0.717) is 0 Å². The number of aromatic nitrogens is 2. The summed E-state index contributed by atoms with van der Waals surface area (Å²) in [6, 6.07) is 66.6. The Bertz CT molecular complexity index is 3090. The van der Waals surface area contributed by atoms with Gasteiger partial charge < -0.3 is 9.13 Å². The minimum Gasteiger partial charge on any atom is -0.309 e. The topological polar surface area (TPSA) is 9.86 Å². The molecule has 3 aromatic heterocycles. The van der Waals surface area contributed by atoms with Crippen LogP contribution in [0.15, 0.2) is 182 Å².